The van der Waals surface area contributed by atoms with Gasteiger partial charge in [-0.1, -0.05) is 0 Å². The maximum Gasteiger partial charge on any atom is 0.316 e. The van der Waals surface area contributed by atoms with E-state index in [1.165, 1.54) is 0 Å². The molecule has 100 valence electrons. The lowest BCUT2D eigenvalue weighted by Gasteiger charge is -2.30. The number of hydrogen-bond donors (Lipinski definition) is 0. The van der Waals surface area contributed by atoms with Crippen LogP contribution < -0.4 is 9.64 Å². The highest BCUT2D eigenvalue weighted by atomic mass is 16.5. The Morgan fingerprint density at radius 3 is 2.79 bits per heavy atom. The van der Waals surface area contributed by atoms with E-state index in [2.05, 4.69) is 19.9 Å². The van der Waals surface area contributed by atoms with Crippen LogP contribution in [-0.2, 0) is 0 Å². The Morgan fingerprint density at radius 1 is 1.26 bits per heavy atom. The van der Waals surface area contributed by atoms with Crippen LogP contribution in [0.15, 0.2) is 29.1 Å². The van der Waals surface area contributed by atoms with Crippen LogP contribution in [0.3, 0.4) is 0 Å². The fraction of sp³-hybridized carbons (Fsp3) is 0.462. The van der Waals surface area contributed by atoms with Crippen molar-refractivity contribution in [3.8, 4) is 6.01 Å². The molecule has 2 aromatic rings. The maximum absolute atomic E-state index is 5.80. The SMILES string of the molecule is Cc1ccnc(OC2CCN(c3ncco3)CC2)n1. The monoisotopic (exact) mass is 260 g/mol. The number of rotatable bonds is 3. The first-order valence-corrected chi connectivity index (χ1v) is 6.42. The normalized spacial score (nSPS) is 16.6. The lowest BCUT2D eigenvalue weighted by molar-refractivity contribution is 0.154. The number of ether oxygens (including phenoxy) is 1. The second-order valence-electron chi connectivity index (χ2n) is 4.60. The minimum Gasteiger partial charge on any atom is -0.460 e. The molecule has 3 heterocycles. The van der Waals surface area contributed by atoms with Crippen molar-refractivity contribution in [2.75, 3.05) is 18.0 Å². The molecule has 1 saturated heterocycles. The van der Waals surface area contributed by atoms with Crippen LogP contribution in [-0.4, -0.2) is 34.1 Å². The molecule has 6 heteroatoms. The van der Waals surface area contributed by atoms with Crippen molar-refractivity contribution in [3.63, 3.8) is 0 Å². The van der Waals surface area contributed by atoms with Crippen molar-refractivity contribution in [1.82, 2.24) is 15.0 Å². The molecule has 0 saturated carbocycles. The minimum atomic E-state index is 0.160. The van der Waals surface area contributed by atoms with E-state index in [1.807, 2.05) is 13.0 Å². The zero-order chi connectivity index (χ0) is 13.1. The van der Waals surface area contributed by atoms with Gasteiger partial charge in [-0.25, -0.2) is 15.0 Å². The second kappa shape index (κ2) is 5.26. The molecule has 19 heavy (non-hydrogen) atoms. The van der Waals surface area contributed by atoms with E-state index in [9.17, 15) is 0 Å². The number of anilines is 1. The Hall–Kier alpha value is -2.11. The summed E-state index contributed by atoms with van der Waals surface area (Å²) in [5, 5.41) is 0. The highest BCUT2D eigenvalue weighted by Crippen LogP contribution is 2.20. The average molecular weight is 260 g/mol. The summed E-state index contributed by atoms with van der Waals surface area (Å²) in [6.07, 6.45) is 6.98. The Labute approximate surface area is 111 Å². The molecule has 0 bridgehead atoms. The number of aryl methyl sites for hydroxylation is 1. The van der Waals surface area contributed by atoms with Gasteiger partial charge in [0.05, 0.1) is 6.20 Å². The fourth-order valence-electron chi connectivity index (χ4n) is 2.17. The molecule has 1 fully saturated rings. The predicted octanol–water partition coefficient (Wildman–Crippen LogP) is 1.82. The Kier molecular flexibility index (Phi) is 3.31. The van der Waals surface area contributed by atoms with Gasteiger partial charge in [0.15, 0.2) is 0 Å². The first-order valence-electron chi connectivity index (χ1n) is 6.42. The van der Waals surface area contributed by atoms with Gasteiger partial charge in [0.2, 0.25) is 0 Å². The third kappa shape index (κ3) is 2.83. The molecule has 3 rings (SSSR count). The van der Waals surface area contributed by atoms with E-state index in [-0.39, 0.29) is 6.10 Å². The predicted molar refractivity (Wildman–Crippen MR) is 69.1 cm³/mol. The molecule has 0 amide bonds. The number of aromatic nitrogens is 3. The fourth-order valence-corrected chi connectivity index (χ4v) is 2.17. The molecule has 0 atom stereocenters. The molecule has 0 spiro atoms. The lowest BCUT2D eigenvalue weighted by Crippen LogP contribution is -2.38. The summed E-state index contributed by atoms with van der Waals surface area (Å²) in [5.41, 5.74) is 0.919. The van der Waals surface area contributed by atoms with Crippen LogP contribution in [0.25, 0.3) is 0 Å². The molecule has 0 aromatic carbocycles. The summed E-state index contributed by atoms with van der Waals surface area (Å²) >= 11 is 0. The van der Waals surface area contributed by atoms with Crippen molar-refractivity contribution in [1.29, 1.82) is 0 Å². The van der Waals surface area contributed by atoms with Crippen molar-refractivity contribution in [3.05, 3.63) is 30.4 Å². The number of nitrogens with zero attached hydrogens (tertiary/aromatic N) is 4. The third-order valence-corrected chi connectivity index (χ3v) is 3.18. The van der Waals surface area contributed by atoms with Gasteiger partial charge in [-0.2, -0.15) is 0 Å². The lowest BCUT2D eigenvalue weighted by atomic mass is 10.1. The van der Waals surface area contributed by atoms with Crippen LogP contribution in [0.2, 0.25) is 0 Å². The average Bonchev–Trinajstić information content (AvgIpc) is 2.94. The first kappa shape index (κ1) is 12.0. The van der Waals surface area contributed by atoms with Gasteiger partial charge in [-0.15, -0.1) is 0 Å². The van der Waals surface area contributed by atoms with Crippen LogP contribution in [0.5, 0.6) is 6.01 Å². The van der Waals surface area contributed by atoms with E-state index >= 15 is 0 Å². The molecule has 2 aromatic heterocycles. The van der Waals surface area contributed by atoms with Gasteiger partial charge < -0.3 is 14.1 Å². The van der Waals surface area contributed by atoms with Crippen molar-refractivity contribution >= 4 is 6.01 Å². The zero-order valence-corrected chi connectivity index (χ0v) is 10.8. The van der Waals surface area contributed by atoms with Crippen molar-refractivity contribution in [2.45, 2.75) is 25.9 Å². The van der Waals surface area contributed by atoms with Gasteiger partial charge in [0.1, 0.15) is 12.4 Å². The molecule has 0 radical (unpaired) electrons. The van der Waals surface area contributed by atoms with E-state index in [0.29, 0.717) is 12.0 Å². The first-order chi connectivity index (χ1) is 9.31. The molecule has 0 aliphatic carbocycles. The molecular formula is C13H16N4O2. The molecular weight excluding hydrogens is 244 g/mol. The summed E-state index contributed by atoms with van der Waals surface area (Å²) in [6, 6.07) is 3.01. The maximum atomic E-state index is 5.80. The summed E-state index contributed by atoms with van der Waals surface area (Å²) in [4.78, 5) is 14.7. The third-order valence-electron chi connectivity index (χ3n) is 3.18. The zero-order valence-electron chi connectivity index (χ0n) is 10.8. The topological polar surface area (TPSA) is 64.3 Å². The Balaban J connectivity index is 1.56. The largest absolute Gasteiger partial charge is 0.460 e. The standard InChI is InChI=1S/C13H16N4O2/c1-10-2-5-14-12(16-10)19-11-3-7-17(8-4-11)13-15-6-9-18-13/h2,5-6,9,11H,3-4,7-8H2,1H3. The summed E-state index contributed by atoms with van der Waals surface area (Å²) in [7, 11) is 0. The van der Waals surface area contributed by atoms with Gasteiger partial charge in [-0.05, 0) is 13.0 Å². The smallest absolute Gasteiger partial charge is 0.316 e. The van der Waals surface area contributed by atoms with Crippen LogP contribution >= 0.6 is 0 Å². The van der Waals surface area contributed by atoms with Crippen molar-refractivity contribution < 1.29 is 9.15 Å². The summed E-state index contributed by atoms with van der Waals surface area (Å²) < 4.78 is 11.1. The number of piperidine rings is 1. The van der Waals surface area contributed by atoms with E-state index < -0.39 is 0 Å². The molecule has 0 unspecified atom stereocenters. The number of hydrogen-bond acceptors (Lipinski definition) is 6. The van der Waals surface area contributed by atoms with E-state index in [0.717, 1.165) is 31.6 Å². The highest BCUT2D eigenvalue weighted by molar-refractivity contribution is 5.25. The van der Waals surface area contributed by atoms with Crippen LogP contribution in [0.1, 0.15) is 18.5 Å². The van der Waals surface area contributed by atoms with Crippen LogP contribution in [0, 0.1) is 6.92 Å². The Bertz CT molecular complexity index is 521. The molecule has 1 aliphatic heterocycles. The van der Waals surface area contributed by atoms with Gasteiger partial charge >= 0.3 is 6.01 Å². The Morgan fingerprint density at radius 2 is 2.11 bits per heavy atom. The summed E-state index contributed by atoms with van der Waals surface area (Å²) in [6.45, 7) is 3.67. The van der Waals surface area contributed by atoms with E-state index in [1.54, 1.807) is 18.7 Å². The quantitative estimate of drug-likeness (QED) is 0.838. The second-order valence-corrected chi connectivity index (χ2v) is 4.60. The van der Waals surface area contributed by atoms with Gasteiger partial charge in [0, 0.05) is 37.8 Å². The molecule has 1 aliphatic rings. The molecule has 0 N–H and O–H groups in total. The van der Waals surface area contributed by atoms with Crippen LogP contribution in [0.4, 0.5) is 6.01 Å². The van der Waals surface area contributed by atoms with Crippen molar-refractivity contribution in [2.24, 2.45) is 0 Å². The van der Waals surface area contributed by atoms with E-state index in [4.69, 9.17) is 9.15 Å². The van der Waals surface area contributed by atoms with Gasteiger partial charge in [0.25, 0.3) is 6.01 Å². The highest BCUT2D eigenvalue weighted by Gasteiger charge is 2.23. The summed E-state index contributed by atoms with van der Waals surface area (Å²) in [5.74, 6) is 0. The number of oxazole rings is 1. The van der Waals surface area contributed by atoms with Gasteiger partial charge in [-0.3, -0.25) is 0 Å². The molecule has 6 nitrogen and oxygen atoms in total. The minimum absolute atomic E-state index is 0.160.